The maximum Gasteiger partial charge on any atom is 0.138 e. The van der Waals surface area contributed by atoms with Crippen molar-refractivity contribution in [3.8, 4) is 0 Å². The molecule has 6 heteroatoms. The summed E-state index contributed by atoms with van der Waals surface area (Å²) < 4.78 is 57.2. The van der Waals surface area contributed by atoms with Gasteiger partial charge in [-0.05, 0) is 56.9 Å². The van der Waals surface area contributed by atoms with E-state index in [1.165, 1.54) is 0 Å². The topological polar surface area (TPSA) is 48.3 Å². The Morgan fingerprint density at radius 3 is 2.68 bits per heavy atom. The minimum atomic E-state index is -0.456. The van der Waals surface area contributed by atoms with Crippen LogP contribution in [0.15, 0.2) is 51.0 Å². The van der Waals surface area contributed by atoms with Crippen LogP contribution in [-0.4, -0.2) is 72.3 Å². The maximum absolute atomic E-state index is 8.95. The van der Waals surface area contributed by atoms with Crippen molar-refractivity contribution in [1.29, 1.82) is 0 Å². The minimum absolute atomic E-state index is 0.0134. The molecule has 2 aromatic carbocycles. The predicted octanol–water partition coefficient (Wildman–Crippen LogP) is 4.25. The van der Waals surface area contributed by atoms with Crippen LogP contribution in [0.2, 0.25) is 0 Å². The van der Waals surface area contributed by atoms with Crippen LogP contribution in [0.3, 0.4) is 0 Å². The van der Waals surface area contributed by atoms with Crippen LogP contribution in [-0.2, 0) is 4.74 Å². The number of benzene rings is 2. The fourth-order valence-electron chi connectivity index (χ4n) is 4.00. The predicted molar refractivity (Wildman–Crippen MR) is 128 cm³/mol. The highest BCUT2D eigenvalue weighted by Gasteiger charge is 2.37. The molecule has 1 fully saturated rings. The van der Waals surface area contributed by atoms with Crippen LogP contribution in [0, 0.1) is 13.8 Å². The molecular formula is C25H33N3O2S. The average Bonchev–Trinajstić information content (AvgIpc) is 3.03. The number of fused-ring (bicyclic) bond motifs is 2. The van der Waals surface area contributed by atoms with Gasteiger partial charge in [-0.3, -0.25) is 4.90 Å². The lowest BCUT2D eigenvalue weighted by molar-refractivity contribution is 0.0340. The second-order valence-corrected chi connectivity index (χ2v) is 9.52. The van der Waals surface area contributed by atoms with Crippen LogP contribution >= 0.6 is 11.8 Å². The molecule has 0 aliphatic carbocycles. The van der Waals surface area contributed by atoms with Gasteiger partial charge in [-0.15, -0.1) is 0 Å². The molecule has 4 rings (SSSR count). The molecule has 2 aliphatic heterocycles. The molecule has 0 atom stereocenters. The molecule has 2 aliphatic rings. The van der Waals surface area contributed by atoms with Crippen molar-refractivity contribution in [1.82, 2.24) is 9.80 Å². The number of aliphatic hydroxyl groups is 1. The fourth-order valence-corrected chi connectivity index (χ4v) is 4.95. The molecule has 0 radical (unpaired) electrons. The molecule has 0 unspecified atom stereocenters. The summed E-state index contributed by atoms with van der Waals surface area (Å²) >= 11 is 1.11. The number of piperazine rings is 1. The Bertz CT molecular complexity index is 1270. The third kappa shape index (κ3) is 4.82. The third-order valence-corrected chi connectivity index (χ3v) is 6.72. The van der Waals surface area contributed by atoms with E-state index < -0.39 is 5.54 Å². The molecule has 0 spiro atoms. The van der Waals surface area contributed by atoms with Crippen molar-refractivity contribution in [2.45, 2.75) is 43.0 Å². The molecule has 0 aromatic heterocycles. The highest BCUT2D eigenvalue weighted by atomic mass is 32.2. The normalized spacial score (nSPS) is 20.9. The largest absolute Gasteiger partial charge is 0.394 e. The van der Waals surface area contributed by atoms with E-state index in [-0.39, 0.29) is 42.9 Å². The standard InChI is InChI=1S/C25H33N3O2S/c1-18-15-21-23(16-19(18)2)31-22-8-6-5-7-20(22)24(26-21)28-10-9-27(17-25(28,3)4)11-13-30-14-12-29/h5-8,15-16,29H,9-14,17H2,1-4H3/i5D,6D,7D,8D,15D,16D. The van der Waals surface area contributed by atoms with Gasteiger partial charge in [-0.2, -0.15) is 0 Å². The lowest BCUT2D eigenvalue weighted by Gasteiger charge is -2.48. The number of rotatable bonds is 5. The van der Waals surface area contributed by atoms with E-state index in [1.807, 2.05) is 0 Å². The van der Waals surface area contributed by atoms with Gasteiger partial charge < -0.3 is 14.7 Å². The summed E-state index contributed by atoms with van der Waals surface area (Å²) in [4.78, 5) is 10.0. The molecular weight excluding hydrogens is 406 g/mol. The van der Waals surface area contributed by atoms with Crippen LogP contribution in [0.5, 0.6) is 0 Å². The number of nitrogens with zero attached hydrogens (tertiary/aromatic N) is 3. The number of hydrogen-bond donors (Lipinski definition) is 1. The zero-order valence-electron chi connectivity index (χ0n) is 24.6. The monoisotopic (exact) mass is 445 g/mol. The lowest BCUT2D eigenvalue weighted by Crippen LogP contribution is -2.61. The molecule has 2 aromatic rings. The van der Waals surface area contributed by atoms with E-state index in [0.717, 1.165) is 11.8 Å². The molecule has 5 nitrogen and oxygen atoms in total. The zero-order valence-corrected chi connectivity index (χ0v) is 19.4. The van der Waals surface area contributed by atoms with E-state index in [4.69, 9.17) is 23.1 Å². The Kier molecular flexibility index (Phi) is 4.77. The van der Waals surface area contributed by atoms with Gasteiger partial charge in [0.1, 0.15) is 5.84 Å². The smallest absolute Gasteiger partial charge is 0.138 e. The molecule has 0 bridgehead atoms. The van der Waals surface area contributed by atoms with Crippen LogP contribution < -0.4 is 0 Å². The minimum Gasteiger partial charge on any atom is -0.394 e. The Balaban J connectivity index is 1.87. The highest BCUT2D eigenvalue weighted by Crippen LogP contribution is 2.42. The quantitative estimate of drug-likeness (QED) is 0.697. The van der Waals surface area contributed by atoms with Crippen molar-refractivity contribution in [2.75, 3.05) is 46.0 Å². The first-order valence-corrected chi connectivity index (χ1v) is 11.4. The van der Waals surface area contributed by atoms with Crippen molar-refractivity contribution in [2.24, 2.45) is 4.99 Å². The highest BCUT2D eigenvalue weighted by molar-refractivity contribution is 7.99. The first-order chi connectivity index (χ1) is 17.4. The molecule has 1 saturated heterocycles. The van der Waals surface area contributed by atoms with E-state index >= 15 is 0 Å². The molecule has 0 saturated carbocycles. The number of aliphatic imine (C=N–C) groups is 1. The van der Waals surface area contributed by atoms with Gasteiger partial charge in [0, 0.05) is 47.1 Å². The molecule has 1 N–H and O–H groups in total. The zero-order chi connectivity index (χ0) is 27.2. The average molecular weight is 446 g/mol. The Labute approximate surface area is 198 Å². The number of hydrogen-bond acceptors (Lipinski definition) is 6. The maximum atomic E-state index is 8.95. The van der Waals surface area contributed by atoms with Crippen molar-refractivity contribution in [3.63, 3.8) is 0 Å². The number of aliphatic hydroxyl groups excluding tert-OH is 1. The number of ether oxygens (including phenoxy) is 1. The van der Waals surface area contributed by atoms with E-state index in [9.17, 15) is 0 Å². The van der Waals surface area contributed by atoms with Gasteiger partial charge in [0.05, 0.1) is 33.7 Å². The SMILES string of the molecule is [2H]c1c([2H])c([2H])c2c(c1[2H])Sc1c([2H])c(C)c(C)c([2H])c1N=C2N1CCN(CCOCCO)CC1(C)C. The van der Waals surface area contributed by atoms with Crippen molar-refractivity contribution in [3.05, 3.63) is 52.9 Å². The van der Waals surface area contributed by atoms with Gasteiger partial charge >= 0.3 is 0 Å². The number of amidine groups is 1. The lowest BCUT2D eigenvalue weighted by atomic mass is 9.97. The summed E-state index contributed by atoms with van der Waals surface area (Å²) in [7, 11) is 0. The summed E-state index contributed by atoms with van der Waals surface area (Å²) in [6.45, 7) is 11.1. The Morgan fingerprint density at radius 2 is 1.90 bits per heavy atom. The summed E-state index contributed by atoms with van der Waals surface area (Å²) in [6, 6.07) is -0.560. The Morgan fingerprint density at radius 1 is 1.13 bits per heavy atom. The third-order valence-electron chi connectivity index (χ3n) is 5.71. The van der Waals surface area contributed by atoms with Gasteiger partial charge in [0.2, 0.25) is 0 Å². The molecule has 2 heterocycles. The molecule has 31 heavy (non-hydrogen) atoms. The van der Waals surface area contributed by atoms with E-state index in [0.29, 0.717) is 77.4 Å². The molecule has 166 valence electrons. The second-order valence-electron chi connectivity index (χ2n) is 8.50. The van der Waals surface area contributed by atoms with Gasteiger partial charge in [0.25, 0.3) is 0 Å². The summed E-state index contributed by atoms with van der Waals surface area (Å²) in [5.41, 5.74) is 1.51. The fraction of sp³-hybridized carbons (Fsp3) is 0.480. The summed E-state index contributed by atoms with van der Waals surface area (Å²) in [5, 5.41) is 8.95. The second kappa shape index (κ2) is 9.33. The Hall–Kier alpha value is -1.86. The van der Waals surface area contributed by atoms with Crippen molar-refractivity contribution < 1.29 is 18.1 Å². The summed E-state index contributed by atoms with van der Waals surface area (Å²) in [5.74, 6) is 0.408. The van der Waals surface area contributed by atoms with Crippen molar-refractivity contribution >= 4 is 23.3 Å². The first kappa shape index (κ1) is 15.9. The molecule has 0 amide bonds. The first-order valence-electron chi connectivity index (χ1n) is 13.6. The van der Waals surface area contributed by atoms with E-state index in [1.54, 1.807) is 13.8 Å². The van der Waals surface area contributed by atoms with Gasteiger partial charge in [-0.1, -0.05) is 29.9 Å². The van der Waals surface area contributed by atoms with Gasteiger partial charge in [-0.25, -0.2) is 4.99 Å². The van der Waals surface area contributed by atoms with E-state index in [2.05, 4.69) is 23.6 Å². The van der Waals surface area contributed by atoms with Crippen LogP contribution in [0.1, 0.15) is 38.8 Å². The summed E-state index contributed by atoms with van der Waals surface area (Å²) in [6.07, 6.45) is 0. The van der Waals surface area contributed by atoms with Crippen LogP contribution in [0.4, 0.5) is 5.69 Å². The van der Waals surface area contributed by atoms with Crippen LogP contribution in [0.25, 0.3) is 0 Å². The van der Waals surface area contributed by atoms with Gasteiger partial charge in [0.15, 0.2) is 0 Å².